The summed E-state index contributed by atoms with van der Waals surface area (Å²) in [7, 11) is 1.74. The molecular formula is C13H27NO2. The van der Waals surface area contributed by atoms with E-state index in [4.69, 9.17) is 9.47 Å². The van der Waals surface area contributed by atoms with E-state index in [-0.39, 0.29) is 11.2 Å². The maximum Gasteiger partial charge on any atom is 0.107 e. The zero-order valence-corrected chi connectivity index (χ0v) is 11.6. The van der Waals surface area contributed by atoms with Crippen molar-refractivity contribution in [1.29, 1.82) is 0 Å². The number of ether oxygens (including phenoxy) is 2. The predicted molar refractivity (Wildman–Crippen MR) is 66.6 cm³/mol. The molecule has 0 aromatic rings. The summed E-state index contributed by atoms with van der Waals surface area (Å²) in [4.78, 5) is 0. The molecule has 2 unspecified atom stereocenters. The highest BCUT2D eigenvalue weighted by Crippen LogP contribution is 2.34. The van der Waals surface area contributed by atoms with Gasteiger partial charge in [-0.05, 0) is 18.8 Å². The summed E-state index contributed by atoms with van der Waals surface area (Å²) in [5.74, 6) is 0.939. The molecule has 16 heavy (non-hydrogen) atoms. The van der Waals surface area contributed by atoms with Crippen molar-refractivity contribution in [2.45, 2.75) is 45.8 Å². The molecule has 0 spiro atoms. The summed E-state index contributed by atoms with van der Waals surface area (Å²) in [6.45, 7) is 13.5. The minimum atomic E-state index is -0.188. The van der Waals surface area contributed by atoms with Gasteiger partial charge in [0.2, 0.25) is 0 Å². The van der Waals surface area contributed by atoms with Gasteiger partial charge in [0.25, 0.3) is 0 Å². The first-order chi connectivity index (χ1) is 7.36. The van der Waals surface area contributed by atoms with Crippen LogP contribution in [-0.2, 0) is 9.47 Å². The van der Waals surface area contributed by atoms with E-state index in [1.54, 1.807) is 7.11 Å². The SMILES string of the molecule is COCC1(C(C)C)CNCC(C)(C(C)C)O1. The quantitative estimate of drug-likeness (QED) is 0.800. The van der Waals surface area contributed by atoms with Crippen LogP contribution in [0.15, 0.2) is 0 Å². The normalized spacial score (nSPS) is 36.0. The second-order valence-electron chi connectivity index (χ2n) is 5.83. The first-order valence-electron chi connectivity index (χ1n) is 6.26. The number of morpholine rings is 1. The maximum absolute atomic E-state index is 6.44. The van der Waals surface area contributed by atoms with E-state index >= 15 is 0 Å². The van der Waals surface area contributed by atoms with E-state index < -0.39 is 0 Å². The monoisotopic (exact) mass is 229 g/mol. The Morgan fingerprint density at radius 3 is 2.25 bits per heavy atom. The summed E-state index contributed by atoms with van der Waals surface area (Å²) in [6.07, 6.45) is 0. The van der Waals surface area contributed by atoms with Gasteiger partial charge in [-0.15, -0.1) is 0 Å². The number of methoxy groups -OCH3 is 1. The molecule has 3 nitrogen and oxygen atoms in total. The van der Waals surface area contributed by atoms with Crippen LogP contribution in [0, 0.1) is 11.8 Å². The lowest BCUT2D eigenvalue weighted by Crippen LogP contribution is -2.64. The fourth-order valence-electron chi connectivity index (χ4n) is 2.19. The van der Waals surface area contributed by atoms with Crippen molar-refractivity contribution in [1.82, 2.24) is 5.32 Å². The Hall–Kier alpha value is -0.120. The van der Waals surface area contributed by atoms with Crippen molar-refractivity contribution in [2.24, 2.45) is 11.8 Å². The van der Waals surface area contributed by atoms with Gasteiger partial charge in [0.15, 0.2) is 0 Å². The van der Waals surface area contributed by atoms with E-state index in [0.29, 0.717) is 18.4 Å². The topological polar surface area (TPSA) is 30.5 Å². The predicted octanol–water partition coefficient (Wildman–Crippen LogP) is 2.06. The highest BCUT2D eigenvalue weighted by Gasteiger charge is 2.46. The van der Waals surface area contributed by atoms with Gasteiger partial charge in [-0.25, -0.2) is 0 Å². The zero-order chi connectivity index (χ0) is 12.4. The van der Waals surface area contributed by atoms with Crippen molar-refractivity contribution in [2.75, 3.05) is 26.8 Å². The molecule has 96 valence electrons. The minimum Gasteiger partial charge on any atom is -0.382 e. The van der Waals surface area contributed by atoms with E-state index in [9.17, 15) is 0 Å². The first-order valence-corrected chi connectivity index (χ1v) is 6.26. The molecular weight excluding hydrogens is 202 g/mol. The lowest BCUT2D eigenvalue weighted by molar-refractivity contribution is -0.223. The van der Waals surface area contributed by atoms with Crippen molar-refractivity contribution in [3.63, 3.8) is 0 Å². The van der Waals surface area contributed by atoms with Gasteiger partial charge in [0.05, 0.1) is 12.2 Å². The van der Waals surface area contributed by atoms with Crippen LogP contribution in [0.4, 0.5) is 0 Å². The van der Waals surface area contributed by atoms with Crippen LogP contribution in [0.1, 0.15) is 34.6 Å². The van der Waals surface area contributed by atoms with Gasteiger partial charge < -0.3 is 14.8 Å². The summed E-state index contributed by atoms with van der Waals surface area (Å²) in [5, 5.41) is 3.51. The van der Waals surface area contributed by atoms with E-state index in [1.807, 2.05) is 0 Å². The van der Waals surface area contributed by atoms with Gasteiger partial charge in [-0.2, -0.15) is 0 Å². The molecule has 0 saturated carbocycles. The molecule has 1 aliphatic rings. The summed E-state index contributed by atoms with van der Waals surface area (Å²) < 4.78 is 11.8. The van der Waals surface area contributed by atoms with Crippen LogP contribution in [0.5, 0.6) is 0 Å². The van der Waals surface area contributed by atoms with Crippen LogP contribution in [0.2, 0.25) is 0 Å². The average Bonchev–Trinajstić information content (AvgIpc) is 2.17. The molecule has 1 fully saturated rings. The number of nitrogens with one attached hydrogen (secondary N) is 1. The summed E-state index contributed by atoms with van der Waals surface area (Å²) >= 11 is 0. The van der Waals surface area contributed by atoms with Gasteiger partial charge in [0.1, 0.15) is 5.60 Å². The minimum absolute atomic E-state index is 0.0962. The lowest BCUT2D eigenvalue weighted by atomic mass is 9.83. The lowest BCUT2D eigenvalue weighted by Gasteiger charge is -2.50. The number of rotatable bonds is 4. The molecule has 0 radical (unpaired) electrons. The largest absolute Gasteiger partial charge is 0.382 e. The Labute approximate surface area is 99.9 Å². The van der Waals surface area contributed by atoms with Crippen molar-refractivity contribution < 1.29 is 9.47 Å². The molecule has 1 saturated heterocycles. The van der Waals surface area contributed by atoms with Gasteiger partial charge in [-0.1, -0.05) is 27.7 Å². The molecule has 1 N–H and O–H groups in total. The second kappa shape index (κ2) is 5.03. The van der Waals surface area contributed by atoms with Gasteiger partial charge in [0, 0.05) is 20.2 Å². The van der Waals surface area contributed by atoms with Crippen molar-refractivity contribution >= 4 is 0 Å². The molecule has 1 rings (SSSR count). The zero-order valence-electron chi connectivity index (χ0n) is 11.6. The Balaban J connectivity index is 2.87. The Kier molecular flexibility index (Phi) is 4.38. The molecule has 2 atom stereocenters. The second-order valence-corrected chi connectivity index (χ2v) is 5.83. The third-order valence-corrected chi connectivity index (χ3v) is 4.00. The maximum atomic E-state index is 6.44. The van der Waals surface area contributed by atoms with Crippen LogP contribution >= 0.6 is 0 Å². The molecule has 1 heterocycles. The van der Waals surface area contributed by atoms with E-state index in [1.165, 1.54) is 0 Å². The molecule has 1 aliphatic heterocycles. The summed E-state index contributed by atoms with van der Waals surface area (Å²) in [6, 6.07) is 0. The van der Waals surface area contributed by atoms with E-state index in [0.717, 1.165) is 13.1 Å². The van der Waals surface area contributed by atoms with E-state index in [2.05, 4.69) is 39.9 Å². The third kappa shape index (κ3) is 2.58. The summed E-state index contributed by atoms with van der Waals surface area (Å²) in [5.41, 5.74) is -0.285. The van der Waals surface area contributed by atoms with Crippen LogP contribution in [-0.4, -0.2) is 38.0 Å². The number of hydrogen-bond donors (Lipinski definition) is 1. The van der Waals surface area contributed by atoms with Crippen molar-refractivity contribution in [3.8, 4) is 0 Å². The number of hydrogen-bond acceptors (Lipinski definition) is 3. The van der Waals surface area contributed by atoms with Crippen LogP contribution in [0.3, 0.4) is 0 Å². The van der Waals surface area contributed by atoms with Crippen LogP contribution in [0.25, 0.3) is 0 Å². The van der Waals surface area contributed by atoms with Gasteiger partial charge >= 0.3 is 0 Å². The fourth-order valence-corrected chi connectivity index (χ4v) is 2.19. The highest BCUT2D eigenvalue weighted by molar-refractivity contribution is 4.97. The Morgan fingerprint density at radius 1 is 1.19 bits per heavy atom. The molecule has 0 aromatic heterocycles. The third-order valence-electron chi connectivity index (χ3n) is 4.00. The molecule has 0 amide bonds. The fraction of sp³-hybridized carbons (Fsp3) is 1.00. The molecule has 3 heteroatoms. The van der Waals surface area contributed by atoms with Gasteiger partial charge in [-0.3, -0.25) is 0 Å². The van der Waals surface area contributed by atoms with Crippen molar-refractivity contribution in [3.05, 3.63) is 0 Å². The highest BCUT2D eigenvalue weighted by atomic mass is 16.6. The average molecular weight is 229 g/mol. The smallest absolute Gasteiger partial charge is 0.107 e. The Morgan fingerprint density at radius 2 is 1.81 bits per heavy atom. The Bertz CT molecular complexity index is 226. The molecule has 0 aliphatic carbocycles. The standard InChI is InChI=1S/C13H27NO2/c1-10(2)12(5)7-14-8-13(16-12,9-15-6)11(3)4/h10-11,14H,7-9H2,1-6H3. The molecule has 0 bridgehead atoms. The molecule has 0 aromatic carbocycles. The first kappa shape index (κ1) is 13.9. The van der Waals surface area contributed by atoms with Crippen LogP contribution < -0.4 is 5.32 Å².